The first-order valence-corrected chi connectivity index (χ1v) is 13.3. The van der Waals surface area contributed by atoms with E-state index in [0.29, 0.717) is 29.7 Å². The summed E-state index contributed by atoms with van der Waals surface area (Å²) < 4.78 is 24.8. The molecule has 5 rings (SSSR count). The fourth-order valence-corrected chi connectivity index (χ4v) is 6.07. The molecule has 0 radical (unpaired) electrons. The molecule has 3 aromatic carbocycles. The van der Waals surface area contributed by atoms with Crippen LogP contribution in [0, 0.1) is 13.8 Å². The first-order valence-electron chi connectivity index (χ1n) is 13.3. The fraction of sp³-hybridized carbons (Fsp3) is 0.394. The van der Waals surface area contributed by atoms with Crippen LogP contribution in [-0.2, 0) is 10.8 Å². The standard InChI is InChI=1S/C33H36O6/c1-19-12-28-24(15-26(19)36-8)31(4,5)17-33(38-28)18-32(6,7)25-16-27(20(2)13-29(25)39-33)37-30(35)23-11-9-10-22(14-23)21(3)34/h9-16H,17-18H2,1-8H3. The van der Waals surface area contributed by atoms with E-state index in [-0.39, 0.29) is 16.6 Å². The maximum atomic E-state index is 13.0. The van der Waals surface area contributed by atoms with Crippen molar-refractivity contribution in [3.8, 4) is 23.0 Å². The molecule has 0 saturated heterocycles. The van der Waals surface area contributed by atoms with Gasteiger partial charge in [-0.1, -0.05) is 39.8 Å². The van der Waals surface area contributed by atoms with E-state index in [9.17, 15) is 9.59 Å². The molecule has 0 aliphatic carbocycles. The van der Waals surface area contributed by atoms with Crippen LogP contribution in [0.5, 0.6) is 23.0 Å². The molecular formula is C33H36O6. The van der Waals surface area contributed by atoms with Crippen molar-refractivity contribution in [2.45, 2.75) is 77.9 Å². The number of ether oxygens (including phenoxy) is 4. The van der Waals surface area contributed by atoms with Crippen molar-refractivity contribution >= 4 is 11.8 Å². The van der Waals surface area contributed by atoms with Gasteiger partial charge in [0.2, 0.25) is 0 Å². The van der Waals surface area contributed by atoms with Gasteiger partial charge in [0.05, 0.1) is 12.7 Å². The van der Waals surface area contributed by atoms with E-state index in [1.54, 1.807) is 31.4 Å². The smallest absolute Gasteiger partial charge is 0.343 e. The molecule has 6 nitrogen and oxygen atoms in total. The highest BCUT2D eigenvalue weighted by atomic mass is 16.7. The Morgan fingerprint density at radius 3 is 1.82 bits per heavy atom. The van der Waals surface area contributed by atoms with E-state index in [4.69, 9.17) is 18.9 Å². The Morgan fingerprint density at radius 2 is 1.28 bits per heavy atom. The summed E-state index contributed by atoms with van der Waals surface area (Å²) in [4.78, 5) is 24.7. The number of hydrogen-bond acceptors (Lipinski definition) is 6. The summed E-state index contributed by atoms with van der Waals surface area (Å²) in [5, 5.41) is 0. The Balaban J connectivity index is 1.48. The topological polar surface area (TPSA) is 71.1 Å². The largest absolute Gasteiger partial charge is 0.496 e. The maximum Gasteiger partial charge on any atom is 0.343 e. The lowest BCUT2D eigenvalue weighted by molar-refractivity contribution is -0.166. The third kappa shape index (κ3) is 4.77. The first kappa shape index (κ1) is 26.8. The van der Waals surface area contributed by atoms with Crippen LogP contribution in [0.3, 0.4) is 0 Å². The number of benzene rings is 3. The Hall–Kier alpha value is -3.80. The number of methoxy groups -OCH3 is 1. The lowest BCUT2D eigenvalue weighted by Gasteiger charge is -2.51. The van der Waals surface area contributed by atoms with Crippen LogP contribution < -0.4 is 18.9 Å². The van der Waals surface area contributed by atoms with Crippen LogP contribution in [0.25, 0.3) is 0 Å². The van der Waals surface area contributed by atoms with E-state index >= 15 is 0 Å². The van der Waals surface area contributed by atoms with Gasteiger partial charge < -0.3 is 18.9 Å². The SMILES string of the molecule is COc1cc2c(cc1C)OC1(CC2(C)C)CC(C)(C)c2cc(OC(=O)c3cccc(C(C)=O)c3)c(C)cc2O1. The van der Waals surface area contributed by atoms with E-state index in [1.807, 2.05) is 32.0 Å². The molecule has 0 saturated carbocycles. The molecule has 2 aliphatic rings. The molecule has 1 atom stereocenters. The Bertz CT molecular complexity index is 1500. The highest BCUT2D eigenvalue weighted by molar-refractivity contribution is 5.98. The molecule has 0 amide bonds. The van der Waals surface area contributed by atoms with Crippen molar-refractivity contribution in [2.75, 3.05) is 7.11 Å². The van der Waals surface area contributed by atoms with E-state index in [1.165, 1.54) is 6.92 Å². The van der Waals surface area contributed by atoms with Crippen molar-refractivity contribution in [2.24, 2.45) is 0 Å². The zero-order chi connectivity index (χ0) is 28.3. The minimum absolute atomic E-state index is 0.104. The number of carbonyl (C=O) groups is 2. The third-order valence-corrected chi connectivity index (χ3v) is 7.95. The summed E-state index contributed by atoms with van der Waals surface area (Å²) in [5.74, 6) is 1.41. The molecule has 3 aromatic rings. The highest BCUT2D eigenvalue weighted by Gasteiger charge is 2.53. The van der Waals surface area contributed by atoms with Gasteiger partial charge >= 0.3 is 5.97 Å². The number of aryl methyl sites for hydroxylation is 2. The molecule has 39 heavy (non-hydrogen) atoms. The molecule has 1 spiro atoms. The minimum Gasteiger partial charge on any atom is -0.496 e. The van der Waals surface area contributed by atoms with Gasteiger partial charge in [0.1, 0.15) is 23.0 Å². The normalized spacial score (nSPS) is 20.2. The molecule has 0 N–H and O–H groups in total. The van der Waals surface area contributed by atoms with Crippen LogP contribution in [0.15, 0.2) is 48.5 Å². The van der Waals surface area contributed by atoms with E-state index in [2.05, 4.69) is 33.8 Å². The second-order valence-electron chi connectivity index (χ2n) is 12.2. The first-order chi connectivity index (χ1) is 18.2. The van der Waals surface area contributed by atoms with Gasteiger partial charge in [-0.2, -0.15) is 0 Å². The Morgan fingerprint density at radius 1 is 0.769 bits per heavy atom. The highest BCUT2D eigenvalue weighted by Crippen LogP contribution is 2.55. The van der Waals surface area contributed by atoms with Crippen LogP contribution in [0.1, 0.15) is 90.4 Å². The summed E-state index contributed by atoms with van der Waals surface area (Å²) in [6, 6.07) is 14.5. The summed E-state index contributed by atoms with van der Waals surface area (Å²) >= 11 is 0. The second kappa shape index (κ2) is 9.15. The van der Waals surface area contributed by atoms with Gasteiger partial charge in [0.15, 0.2) is 5.78 Å². The summed E-state index contributed by atoms with van der Waals surface area (Å²) in [7, 11) is 1.69. The van der Waals surface area contributed by atoms with Gasteiger partial charge in [0.25, 0.3) is 5.79 Å². The van der Waals surface area contributed by atoms with Crippen LogP contribution in [0.4, 0.5) is 0 Å². The number of hydrogen-bond donors (Lipinski definition) is 0. The number of rotatable bonds is 4. The number of carbonyl (C=O) groups excluding carboxylic acids is 2. The zero-order valence-corrected chi connectivity index (χ0v) is 24.0. The molecule has 204 valence electrons. The molecule has 2 aliphatic heterocycles. The Kier molecular flexibility index (Phi) is 6.28. The lowest BCUT2D eigenvalue weighted by atomic mass is 9.69. The van der Waals surface area contributed by atoms with Gasteiger partial charge in [-0.15, -0.1) is 0 Å². The van der Waals surface area contributed by atoms with Gasteiger partial charge in [-0.3, -0.25) is 4.79 Å². The molecule has 0 fully saturated rings. The van der Waals surface area contributed by atoms with Crippen LogP contribution in [-0.4, -0.2) is 24.6 Å². The summed E-state index contributed by atoms with van der Waals surface area (Å²) in [6.07, 6.45) is 1.29. The van der Waals surface area contributed by atoms with Crippen LogP contribution in [0.2, 0.25) is 0 Å². The molecule has 0 bridgehead atoms. The number of ketones is 1. The van der Waals surface area contributed by atoms with E-state index in [0.717, 1.165) is 39.5 Å². The molecular weight excluding hydrogens is 492 g/mol. The predicted octanol–water partition coefficient (Wildman–Crippen LogP) is 7.25. The maximum absolute atomic E-state index is 13.0. The third-order valence-electron chi connectivity index (χ3n) is 7.95. The number of fused-ring (bicyclic) bond motifs is 2. The monoisotopic (exact) mass is 528 g/mol. The zero-order valence-electron chi connectivity index (χ0n) is 24.0. The number of esters is 1. The lowest BCUT2D eigenvalue weighted by Crippen LogP contribution is -2.55. The average Bonchev–Trinajstić information content (AvgIpc) is 2.83. The molecule has 1 unspecified atom stereocenters. The van der Waals surface area contributed by atoms with Crippen molar-refractivity contribution in [1.29, 1.82) is 0 Å². The van der Waals surface area contributed by atoms with Crippen molar-refractivity contribution in [3.63, 3.8) is 0 Å². The predicted molar refractivity (Wildman–Crippen MR) is 150 cm³/mol. The fourth-order valence-electron chi connectivity index (χ4n) is 6.07. The van der Waals surface area contributed by atoms with Crippen LogP contribution >= 0.6 is 0 Å². The quantitative estimate of drug-likeness (QED) is 0.202. The second-order valence-corrected chi connectivity index (χ2v) is 12.2. The van der Waals surface area contributed by atoms with E-state index < -0.39 is 11.8 Å². The molecule has 6 heteroatoms. The van der Waals surface area contributed by atoms with Gasteiger partial charge in [-0.05, 0) is 68.3 Å². The molecule has 0 aromatic heterocycles. The Labute approximate surface area is 230 Å². The molecule has 2 heterocycles. The average molecular weight is 529 g/mol. The minimum atomic E-state index is -0.841. The summed E-state index contributed by atoms with van der Waals surface area (Å²) in [5.41, 5.74) is 4.11. The summed E-state index contributed by atoms with van der Waals surface area (Å²) in [6.45, 7) is 14.1. The van der Waals surface area contributed by atoms with Crippen molar-refractivity contribution in [3.05, 3.63) is 81.9 Å². The van der Waals surface area contributed by atoms with Gasteiger partial charge in [0, 0.05) is 40.4 Å². The van der Waals surface area contributed by atoms with Gasteiger partial charge in [-0.25, -0.2) is 4.79 Å². The van der Waals surface area contributed by atoms with Crippen molar-refractivity contribution < 1.29 is 28.5 Å². The van der Waals surface area contributed by atoms with Crippen molar-refractivity contribution in [1.82, 2.24) is 0 Å². The number of Topliss-reactive ketones (excluding diaryl/α,β-unsaturated/α-hetero) is 1.